The standard InChI is InChI=1S/C22H38N4O2/c1-8-26(9-2)19(10-15(3)4)13-23-22(28)24-14-20(27)25-21-17(6)11-16(5)12-18(21)7/h11-12,15,19H,8-10,13-14H2,1-7H3,(H,25,27)(H2,23,24,28). The summed E-state index contributed by atoms with van der Waals surface area (Å²) in [6.07, 6.45) is 1.02. The summed E-state index contributed by atoms with van der Waals surface area (Å²) in [5.41, 5.74) is 4.02. The third-order valence-electron chi connectivity index (χ3n) is 4.92. The second kappa shape index (κ2) is 11.7. The molecule has 0 radical (unpaired) electrons. The number of amides is 3. The van der Waals surface area contributed by atoms with Gasteiger partial charge in [0.15, 0.2) is 0 Å². The van der Waals surface area contributed by atoms with Gasteiger partial charge in [0.25, 0.3) is 0 Å². The van der Waals surface area contributed by atoms with Crippen molar-refractivity contribution < 1.29 is 9.59 Å². The van der Waals surface area contributed by atoms with Crippen LogP contribution >= 0.6 is 0 Å². The average molecular weight is 391 g/mol. The van der Waals surface area contributed by atoms with E-state index in [4.69, 9.17) is 0 Å². The van der Waals surface area contributed by atoms with Crippen molar-refractivity contribution in [1.82, 2.24) is 15.5 Å². The first-order chi connectivity index (χ1) is 13.2. The number of nitrogens with one attached hydrogen (secondary N) is 3. The number of anilines is 1. The molecule has 0 aliphatic rings. The number of urea groups is 1. The van der Waals surface area contributed by atoms with Crippen LogP contribution in [-0.2, 0) is 4.79 Å². The van der Waals surface area contributed by atoms with Crippen LogP contribution in [0.3, 0.4) is 0 Å². The van der Waals surface area contributed by atoms with Crippen LogP contribution in [-0.4, -0.2) is 49.1 Å². The van der Waals surface area contributed by atoms with E-state index in [1.807, 2.05) is 32.9 Å². The molecule has 0 spiro atoms. The summed E-state index contributed by atoms with van der Waals surface area (Å²) in [7, 11) is 0. The number of benzene rings is 1. The molecule has 1 aromatic rings. The first kappa shape index (κ1) is 24.0. The molecule has 6 nitrogen and oxygen atoms in total. The van der Waals surface area contributed by atoms with Gasteiger partial charge in [-0.05, 0) is 57.3 Å². The predicted molar refractivity (Wildman–Crippen MR) is 117 cm³/mol. The Bertz CT molecular complexity index is 631. The van der Waals surface area contributed by atoms with Crippen molar-refractivity contribution in [3.05, 3.63) is 28.8 Å². The van der Waals surface area contributed by atoms with E-state index in [0.717, 1.165) is 41.9 Å². The molecule has 0 saturated heterocycles. The second-order valence-electron chi connectivity index (χ2n) is 7.89. The van der Waals surface area contributed by atoms with Crippen molar-refractivity contribution in [2.24, 2.45) is 5.92 Å². The molecule has 1 unspecified atom stereocenters. The number of hydrogen-bond donors (Lipinski definition) is 3. The highest BCUT2D eigenvalue weighted by atomic mass is 16.2. The lowest BCUT2D eigenvalue weighted by Crippen LogP contribution is -2.48. The molecule has 0 heterocycles. The number of carbonyl (C=O) groups is 2. The summed E-state index contributed by atoms with van der Waals surface area (Å²) in [5.74, 6) is 0.329. The van der Waals surface area contributed by atoms with E-state index in [9.17, 15) is 9.59 Å². The van der Waals surface area contributed by atoms with Crippen molar-refractivity contribution in [3.8, 4) is 0 Å². The molecule has 1 aromatic carbocycles. The fraction of sp³-hybridized carbons (Fsp3) is 0.636. The van der Waals surface area contributed by atoms with Gasteiger partial charge in [-0.25, -0.2) is 4.79 Å². The molecule has 0 saturated carbocycles. The number of hydrogen-bond acceptors (Lipinski definition) is 3. The van der Waals surface area contributed by atoms with Gasteiger partial charge in [0.05, 0.1) is 6.54 Å². The molecule has 0 aliphatic carbocycles. The van der Waals surface area contributed by atoms with E-state index in [2.05, 4.69) is 48.5 Å². The van der Waals surface area contributed by atoms with Crippen LogP contribution in [0.15, 0.2) is 12.1 Å². The number of carbonyl (C=O) groups excluding carboxylic acids is 2. The van der Waals surface area contributed by atoms with Gasteiger partial charge < -0.3 is 16.0 Å². The zero-order valence-electron chi connectivity index (χ0n) is 18.6. The van der Waals surface area contributed by atoms with Gasteiger partial charge in [-0.3, -0.25) is 9.69 Å². The Morgan fingerprint density at radius 3 is 2.07 bits per heavy atom. The van der Waals surface area contributed by atoms with Gasteiger partial charge in [-0.2, -0.15) is 0 Å². The summed E-state index contributed by atoms with van der Waals surface area (Å²) in [6.45, 7) is 17.0. The van der Waals surface area contributed by atoms with Crippen molar-refractivity contribution in [2.75, 3.05) is 31.5 Å². The van der Waals surface area contributed by atoms with Crippen LogP contribution < -0.4 is 16.0 Å². The third-order valence-corrected chi connectivity index (χ3v) is 4.92. The summed E-state index contributed by atoms with van der Waals surface area (Å²) in [5, 5.41) is 8.47. The maximum absolute atomic E-state index is 12.2. The van der Waals surface area contributed by atoms with Crippen LogP contribution in [0.4, 0.5) is 10.5 Å². The summed E-state index contributed by atoms with van der Waals surface area (Å²) in [6, 6.07) is 4.05. The minimum atomic E-state index is -0.312. The lowest BCUT2D eigenvalue weighted by molar-refractivity contribution is -0.115. The van der Waals surface area contributed by atoms with Crippen LogP contribution in [0.1, 0.15) is 50.8 Å². The van der Waals surface area contributed by atoms with E-state index in [0.29, 0.717) is 18.5 Å². The molecule has 1 atom stereocenters. The van der Waals surface area contributed by atoms with Crippen molar-refractivity contribution in [3.63, 3.8) is 0 Å². The minimum Gasteiger partial charge on any atom is -0.337 e. The van der Waals surface area contributed by atoms with Crippen LogP contribution in [0.25, 0.3) is 0 Å². The lowest BCUT2D eigenvalue weighted by Gasteiger charge is -2.31. The molecule has 6 heteroatoms. The fourth-order valence-electron chi connectivity index (χ4n) is 3.64. The van der Waals surface area contributed by atoms with Gasteiger partial charge in [0.1, 0.15) is 0 Å². The second-order valence-corrected chi connectivity index (χ2v) is 7.89. The SMILES string of the molecule is CCN(CC)C(CNC(=O)NCC(=O)Nc1c(C)cc(C)cc1C)CC(C)C. The fourth-order valence-corrected chi connectivity index (χ4v) is 3.64. The number of aryl methyl sites for hydroxylation is 3. The molecule has 0 aliphatic heterocycles. The molecule has 158 valence electrons. The average Bonchev–Trinajstić information content (AvgIpc) is 2.61. The summed E-state index contributed by atoms with van der Waals surface area (Å²) >= 11 is 0. The maximum Gasteiger partial charge on any atom is 0.315 e. The van der Waals surface area contributed by atoms with Gasteiger partial charge in [0.2, 0.25) is 5.91 Å². The zero-order valence-corrected chi connectivity index (χ0v) is 18.6. The molecular weight excluding hydrogens is 352 g/mol. The van der Waals surface area contributed by atoms with E-state index in [1.54, 1.807) is 0 Å². The summed E-state index contributed by atoms with van der Waals surface area (Å²) < 4.78 is 0. The quantitative estimate of drug-likeness (QED) is 0.571. The molecule has 1 rings (SSSR count). The Kier molecular flexibility index (Phi) is 10.0. The molecule has 3 amide bonds. The van der Waals surface area contributed by atoms with Gasteiger partial charge >= 0.3 is 6.03 Å². The van der Waals surface area contributed by atoms with E-state index in [-0.39, 0.29) is 18.5 Å². The van der Waals surface area contributed by atoms with Gasteiger partial charge in [0, 0.05) is 18.3 Å². The third kappa shape index (κ3) is 7.89. The van der Waals surface area contributed by atoms with Crippen molar-refractivity contribution in [1.29, 1.82) is 0 Å². The minimum absolute atomic E-state index is 0.0568. The maximum atomic E-state index is 12.2. The molecule has 0 fully saturated rings. The molecule has 0 aromatic heterocycles. The smallest absolute Gasteiger partial charge is 0.315 e. The van der Waals surface area contributed by atoms with Crippen LogP contribution in [0.5, 0.6) is 0 Å². The first-order valence-corrected chi connectivity index (χ1v) is 10.3. The Hall–Kier alpha value is -2.08. The topological polar surface area (TPSA) is 73.5 Å². The molecular formula is C22H38N4O2. The predicted octanol–water partition coefficient (Wildman–Crippen LogP) is 3.61. The Morgan fingerprint density at radius 2 is 1.57 bits per heavy atom. The molecule has 28 heavy (non-hydrogen) atoms. The van der Waals surface area contributed by atoms with E-state index < -0.39 is 0 Å². The van der Waals surface area contributed by atoms with Crippen LogP contribution in [0.2, 0.25) is 0 Å². The first-order valence-electron chi connectivity index (χ1n) is 10.3. The normalized spacial score (nSPS) is 12.2. The monoisotopic (exact) mass is 390 g/mol. The summed E-state index contributed by atoms with van der Waals surface area (Å²) in [4.78, 5) is 26.7. The highest BCUT2D eigenvalue weighted by molar-refractivity contribution is 5.95. The lowest BCUT2D eigenvalue weighted by atomic mass is 10.0. The van der Waals surface area contributed by atoms with E-state index >= 15 is 0 Å². The number of nitrogens with zero attached hydrogens (tertiary/aromatic N) is 1. The van der Waals surface area contributed by atoms with Gasteiger partial charge in [-0.15, -0.1) is 0 Å². The highest BCUT2D eigenvalue weighted by Crippen LogP contribution is 2.21. The Labute approximate surface area is 170 Å². The van der Waals surface area contributed by atoms with E-state index in [1.165, 1.54) is 0 Å². The number of likely N-dealkylation sites (N-methyl/N-ethyl adjacent to an activating group) is 1. The Balaban J connectivity index is 2.51. The van der Waals surface area contributed by atoms with Crippen molar-refractivity contribution >= 4 is 17.6 Å². The number of rotatable bonds is 10. The van der Waals surface area contributed by atoms with Crippen molar-refractivity contribution in [2.45, 2.75) is 60.9 Å². The molecule has 0 bridgehead atoms. The highest BCUT2D eigenvalue weighted by Gasteiger charge is 2.18. The molecule has 3 N–H and O–H groups in total. The van der Waals surface area contributed by atoms with Gasteiger partial charge in [-0.1, -0.05) is 45.4 Å². The largest absolute Gasteiger partial charge is 0.337 e. The van der Waals surface area contributed by atoms with Crippen LogP contribution in [0, 0.1) is 26.7 Å². The zero-order chi connectivity index (χ0) is 21.3. The Morgan fingerprint density at radius 1 is 1.00 bits per heavy atom.